The fraction of sp³-hybridized carbons (Fsp3) is 0.611. The van der Waals surface area contributed by atoms with Crippen molar-refractivity contribution in [2.24, 2.45) is 5.92 Å². The summed E-state index contributed by atoms with van der Waals surface area (Å²) in [4.78, 5) is 11.9. The Bertz CT molecular complexity index is 400. The first-order chi connectivity index (χ1) is 10.1. The number of benzene rings is 1. The van der Waals surface area contributed by atoms with Crippen molar-refractivity contribution in [2.75, 3.05) is 0 Å². The molecule has 2 atom stereocenters. The van der Waals surface area contributed by atoms with Gasteiger partial charge in [0, 0.05) is 5.92 Å². The topological polar surface area (TPSA) is 35.5 Å². The van der Waals surface area contributed by atoms with Crippen molar-refractivity contribution < 1.29 is 14.3 Å². The predicted molar refractivity (Wildman–Crippen MR) is 85.2 cm³/mol. The molecule has 0 saturated carbocycles. The van der Waals surface area contributed by atoms with E-state index in [0.717, 1.165) is 31.2 Å². The summed E-state index contributed by atoms with van der Waals surface area (Å²) in [5, 5.41) is 0. The summed E-state index contributed by atoms with van der Waals surface area (Å²) in [5.74, 6) is 0.326. The lowest BCUT2D eigenvalue weighted by Gasteiger charge is -2.26. The van der Waals surface area contributed by atoms with Gasteiger partial charge in [-0.05, 0) is 32.3 Å². The van der Waals surface area contributed by atoms with Gasteiger partial charge in [-0.15, -0.1) is 0 Å². The third-order valence-corrected chi connectivity index (χ3v) is 3.56. The van der Waals surface area contributed by atoms with E-state index in [-0.39, 0.29) is 12.2 Å². The summed E-state index contributed by atoms with van der Waals surface area (Å²) in [7, 11) is 0. The van der Waals surface area contributed by atoms with Gasteiger partial charge < -0.3 is 9.47 Å². The van der Waals surface area contributed by atoms with Gasteiger partial charge in [0.1, 0.15) is 6.10 Å². The lowest BCUT2D eigenvalue weighted by atomic mass is 9.89. The van der Waals surface area contributed by atoms with Crippen LogP contribution in [0.1, 0.15) is 65.0 Å². The van der Waals surface area contributed by atoms with Crippen molar-refractivity contribution in [2.45, 2.75) is 65.6 Å². The highest BCUT2D eigenvalue weighted by Gasteiger charge is 2.26. The number of hydrogen-bond donors (Lipinski definition) is 0. The summed E-state index contributed by atoms with van der Waals surface area (Å²) in [5.41, 5.74) is 1.04. The molecule has 0 N–H and O–H groups in total. The van der Waals surface area contributed by atoms with Crippen LogP contribution in [-0.4, -0.2) is 12.3 Å². The SMILES string of the molecule is CCCCC(CC)C(OC(=O)OC(C)C)c1ccccc1. The number of ether oxygens (including phenoxy) is 2. The molecule has 1 aromatic carbocycles. The quantitative estimate of drug-likeness (QED) is 0.593. The summed E-state index contributed by atoms with van der Waals surface area (Å²) in [6.45, 7) is 7.98. The van der Waals surface area contributed by atoms with Gasteiger partial charge >= 0.3 is 6.16 Å². The first-order valence-corrected chi connectivity index (χ1v) is 8.00. The second-order valence-corrected chi connectivity index (χ2v) is 5.68. The summed E-state index contributed by atoms with van der Waals surface area (Å²) < 4.78 is 10.8. The lowest BCUT2D eigenvalue weighted by molar-refractivity contribution is -0.0149. The van der Waals surface area contributed by atoms with Gasteiger partial charge in [-0.2, -0.15) is 0 Å². The Labute approximate surface area is 128 Å². The lowest BCUT2D eigenvalue weighted by Crippen LogP contribution is -2.22. The molecule has 2 unspecified atom stereocenters. The number of carbonyl (C=O) groups is 1. The maximum atomic E-state index is 11.9. The average molecular weight is 292 g/mol. The van der Waals surface area contributed by atoms with Gasteiger partial charge in [0.25, 0.3) is 0 Å². The maximum absolute atomic E-state index is 11.9. The van der Waals surface area contributed by atoms with Gasteiger partial charge in [-0.25, -0.2) is 4.79 Å². The Hall–Kier alpha value is -1.51. The van der Waals surface area contributed by atoms with Crippen LogP contribution < -0.4 is 0 Å². The molecular formula is C18H28O3. The first kappa shape index (κ1) is 17.5. The third kappa shape index (κ3) is 6.19. The smallest absolute Gasteiger partial charge is 0.432 e. The molecule has 0 spiro atoms. The van der Waals surface area contributed by atoms with Crippen LogP contribution in [0, 0.1) is 5.92 Å². The van der Waals surface area contributed by atoms with E-state index in [2.05, 4.69) is 13.8 Å². The summed E-state index contributed by atoms with van der Waals surface area (Å²) in [6, 6.07) is 9.96. The van der Waals surface area contributed by atoms with E-state index in [1.54, 1.807) is 0 Å². The third-order valence-electron chi connectivity index (χ3n) is 3.56. The van der Waals surface area contributed by atoms with Crippen LogP contribution in [0.5, 0.6) is 0 Å². The van der Waals surface area contributed by atoms with Crippen LogP contribution in [0.15, 0.2) is 30.3 Å². The first-order valence-electron chi connectivity index (χ1n) is 8.00. The minimum absolute atomic E-state index is 0.162. The van der Waals surface area contributed by atoms with E-state index in [4.69, 9.17) is 9.47 Å². The number of hydrogen-bond acceptors (Lipinski definition) is 3. The molecule has 1 rings (SSSR count). The molecule has 0 radical (unpaired) electrons. The van der Waals surface area contributed by atoms with E-state index in [1.807, 2.05) is 44.2 Å². The van der Waals surface area contributed by atoms with Gasteiger partial charge in [0.05, 0.1) is 6.10 Å². The zero-order valence-electron chi connectivity index (χ0n) is 13.7. The van der Waals surface area contributed by atoms with Crippen molar-refractivity contribution >= 4 is 6.16 Å². The minimum atomic E-state index is -0.575. The standard InChI is InChI=1S/C18H28O3/c1-5-7-11-15(6-2)17(16-12-9-8-10-13-16)21-18(19)20-14(3)4/h8-10,12-15,17H,5-7,11H2,1-4H3. The number of unbranched alkanes of at least 4 members (excludes halogenated alkanes) is 1. The Morgan fingerprint density at radius 2 is 1.76 bits per heavy atom. The second-order valence-electron chi connectivity index (χ2n) is 5.68. The van der Waals surface area contributed by atoms with Gasteiger partial charge in [-0.1, -0.05) is 57.0 Å². The normalized spacial score (nSPS) is 13.8. The molecule has 1 aromatic rings. The molecule has 0 fully saturated rings. The van der Waals surface area contributed by atoms with Crippen molar-refractivity contribution in [3.8, 4) is 0 Å². The molecule has 0 amide bonds. The molecule has 0 aliphatic carbocycles. The number of carbonyl (C=O) groups excluding carboxylic acids is 1. The Balaban J connectivity index is 2.85. The summed E-state index contributed by atoms with van der Waals surface area (Å²) >= 11 is 0. The van der Waals surface area contributed by atoms with Crippen LogP contribution in [0.4, 0.5) is 4.79 Å². The van der Waals surface area contributed by atoms with E-state index in [1.165, 1.54) is 0 Å². The van der Waals surface area contributed by atoms with Crippen LogP contribution in [-0.2, 0) is 9.47 Å². The van der Waals surface area contributed by atoms with Crippen molar-refractivity contribution in [3.05, 3.63) is 35.9 Å². The highest BCUT2D eigenvalue weighted by molar-refractivity contribution is 5.60. The molecule has 0 saturated heterocycles. The van der Waals surface area contributed by atoms with E-state index in [0.29, 0.717) is 5.92 Å². The van der Waals surface area contributed by atoms with Crippen LogP contribution in [0.25, 0.3) is 0 Å². The zero-order chi connectivity index (χ0) is 15.7. The Morgan fingerprint density at radius 1 is 1.10 bits per heavy atom. The van der Waals surface area contributed by atoms with Crippen LogP contribution in [0.2, 0.25) is 0 Å². The molecule has 0 aromatic heterocycles. The van der Waals surface area contributed by atoms with Crippen molar-refractivity contribution in [3.63, 3.8) is 0 Å². The average Bonchev–Trinajstić information content (AvgIpc) is 2.47. The second kappa shape index (κ2) is 9.43. The molecule has 0 heterocycles. The molecule has 118 valence electrons. The van der Waals surface area contributed by atoms with Gasteiger partial charge in [0.2, 0.25) is 0 Å². The highest BCUT2D eigenvalue weighted by atomic mass is 16.7. The minimum Gasteiger partial charge on any atom is -0.432 e. The predicted octanol–water partition coefficient (Wildman–Crippen LogP) is 5.51. The molecule has 3 nitrogen and oxygen atoms in total. The van der Waals surface area contributed by atoms with E-state index < -0.39 is 6.16 Å². The largest absolute Gasteiger partial charge is 0.509 e. The van der Waals surface area contributed by atoms with Crippen LogP contribution >= 0.6 is 0 Å². The zero-order valence-corrected chi connectivity index (χ0v) is 13.7. The molecule has 0 aliphatic heterocycles. The molecular weight excluding hydrogens is 264 g/mol. The monoisotopic (exact) mass is 292 g/mol. The molecule has 3 heteroatoms. The van der Waals surface area contributed by atoms with Gasteiger partial charge in [0.15, 0.2) is 0 Å². The van der Waals surface area contributed by atoms with Crippen LogP contribution in [0.3, 0.4) is 0 Å². The highest BCUT2D eigenvalue weighted by Crippen LogP contribution is 2.32. The summed E-state index contributed by atoms with van der Waals surface area (Å²) in [6.07, 6.45) is 3.36. The Kier molecular flexibility index (Phi) is 7.88. The van der Waals surface area contributed by atoms with Gasteiger partial charge in [-0.3, -0.25) is 0 Å². The fourth-order valence-corrected chi connectivity index (χ4v) is 2.44. The molecule has 0 aliphatic rings. The number of rotatable bonds is 8. The fourth-order valence-electron chi connectivity index (χ4n) is 2.44. The van der Waals surface area contributed by atoms with E-state index in [9.17, 15) is 4.79 Å². The van der Waals surface area contributed by atoms with E-state index >= 15 is 0 Å². The Morgan fingerprint density at radius 3 is 2.29 bits per heavy atom. The maximum Gasteiger partial charge on any atom is 0.509 e. The molecule has 0 bridgehead atoms. The molecule has 21 heavy (non-hydrogen) atoms. The van der Waals surface area contributed by atoms with Crippen molar-refractivity contribution in [1.29, 1.82) is 0 Å². The van der Waals surface area contributed by atoms with Crippen molar-refractivity contribution in [1.82, 2.24) is 0 Å².